The molecule has 4 rings (SSSR count). The summed E-state index contributed by atoms with van der Waals surface area (Å²) in [4.78, 5) is 19.7. The molecule has 4 aromatic rings. The number of rotatable bonds is 4. The van der Waals surface area contributed by atoms with Crippen LogP contribution in [-0.2, 0) is 13.6 Å². The number of fused-ring (bicyclic) bond motifs is 1. The molecule has 0 aliphatic rings. The standard InChI is InChI=1S/C21H20N4OS/c1-14-11-15(2)19-18(12-14)22-21(27-19)25(13-16-7-5-4-6-8-16)20(26)17-9-10-24(3)23-17/h4-12H,13H2,1-3H3. The van der Waals surface area contributed by atoms with Gasteiger partial charge in [0.1, 0.15) is 0 Å². The third-order valence-corrected chi connectivity index (χ3v) is 5.63. The van der Waals surface area contributed by atoms with Crippen LogP contribution in [0.5, 0.6) is 0 Å². The Morgan fingerprint density at radius 1 is 1.15 bits per heavy atom. The summed E-state index contributed by atoms with van der Waals surface area (Å²) >= 11 is 1.55. The van der Waals surface area contributed by atoms with E-state index in [1.807, 2.05) is 37.4 Å². The van der Waals surface area contributed by atoms with Gasteiger partial charge < -0.3 is 0 Å². The van der Waals surface area contributed by atoms with Gasteiger partial charge in [0.25, 0.3) is 5.91 Å². The van der Waals surface area contributed by atoms with Gasteiger partial charge in [-0.1, -0.05) is 47.7 Å². The fourth-order valence-electron chi connectivity index (χ4n) is 3.14. The van der Waals surface area contributed by atoms with Crippen LogP contribution < -0.4 is 4.90 Å². The fourth-order valence-corrected chi connectivity index (χ4v) is 4.15. The highest BCUT2D eigenvalue weighted by Gasteiger charge is 2.24. The average molecular weight is 376 g/mol. The number of hydrogen-bond donors (Lipinski definition) is 0. The van der Waals surface area contributed by atoms with Gasteiger partial charge in [-0.3, -0.25) is 14.4 Å². The van der Waals surface area contributed by atoms with Crippen molar-refractivity contribution in [2.45, 2.75) is 20.4 Å². The zero-order valence-corrected chi connectivity index (χ0v) is 16.3. The Morgan fingerprint density at radius 2 is 1.93 bits per heavy atom. The number of aryl methyl sites for hydroxylation is 3. The van der Waals surface area contributed by atoms with Crippen LogP contribution in [0.3, 0.4) is 0 Å². The minimum Gasteiger partial charge on any atom is -0.278 e. The Bertz CT molecular complexity index is 1110. The third kappa shape index (κ3) is 3.48. The Kier molecular flexibility index (Phi) is 4.49. The van der Waals surface area contributed by atoms with E-state index in [4.69, 9.17) is 4.98 Å². The van der Waals surface area contributed by atoms with Crippen LogP contribution in [0.25, 0.3) is 10.2 Å². The maximum Gasteiger partial charge on any atom is 0.280 e. The number of carbonyl (C=O) groups excluding carboxylic acids is 1. The van der Waals surface area contributed by atoms with Crippen molar-refractivity contribution in [1.29, 1.82) is 0 Å². The van der Waals surface area contributed by atoms with Crippen molar-refractivity contribution >= 4 is 32.6 Å². The lowest BCUT2D eigenvalue weighted by Gasteiger charge is -2.19. The zero-order chi connectivity index (χ0) is 19.0. The highest BCUT2D eigenvalue weighted by molar-refractivity contribution is 7.22. The van der Waals surface area contributed by atoms with E-state index in [1.54, 1.807) is 33.2 Å². The predicted octanol–water partition coefficient (Wildman–Crippen LogP) is 4.49. The molecule has 5 nitrogen and oxygen atoms in total. The molecular formula is C21H20N4OS. The van der Waals surface area contributed by atoms with Crippen LogP contribution in [0.15, 0.2) is 54.7 Å². The van der Waals surface area contributed by atoms with Crippen molar-refractivity contribution in [1.82, 2.24) is 14.8 Å². The van der Waals surface area contributed by atoms with Crippen molar-refractivity contribution in [2.75, 3.05) is 4.90 Å². The highest BCUT2D eigenvalue weighted by atomic mass is 32.1. The second-order valence-electron chi connectivity index (χ2n) is 6.68. The van der Waals surface area contributed by atoms with Crippen LogP contribution in [0.4, 0.5) is 5.13 Å². The summed E-state index contributed by atoms with van der Waals surface area (Å²) in [7, 11) is 1.81. The number of aromatic nitrogens is 3. The van der Waals surface area contributed by atoms with E-state index in [0.717, 1.165) is 15.8 Å². The molecule has 0 saturated carbocycles. The minimum atomic E-state index is -0.145. The molecule has 0 fully saturated rings. The van der Waals surface area contributed by atoms with Crippen molar-refractivity contribution in [2.24, 2.45) is 7.05 Å². The largest absolute Gasteiger partial charge is 0.280 e. The molecule has 1 amide bonds. The maximum atomic E-state index is 13.2. The van der Waals surface area contributed by atoms with E-state index in [9.17, 15) is 4.79 Å². The van der Waals surface area contributed by atoms with Gasteiger partial charge in [-0.15, -0.1) is 0 Å². The van der Waals surface area contributed by atoms with E-state index in [-0.39, 0.29) is 5.91 Å². The van der Waals surface area contributed by atoms with Gasteiger partial charge >= 0.3 is 0 Å². The molecule has 0 aliphatic carbocycles. The molecule has 0 atom stereocenters. The van der Waals surface area contributed by atoms with Gasteiger partial charge in [0.15, 0.2) is 10.8 Å². The van der Waals surface area contributed by atoms with E-state index in [2.05, 4.69) is 31.1 Å². The quantitative estimate of drug-likeness (QED) is 0.527. The first-order valence-corrected chi connectivity index (χ1v) is 9.56. The van der Waals surface area contributed by atoms with Crippen LogP contribution in [0.1, 0.15) is 27.2 Å². The smallest absolute Gasteiger partial charge is 0.278 e. The highest BCUT2D eigenvalue weighted by Crippen LogP contribution is 2.33. The van der Waals surface area contributed by atoms with Gasteiger partial charge in [0.2, 0.25) is 0 Å². The molecule has 2 aromatic carbocycles. The molecule has 2 heterocycles. The molecule has 0 unspecified atom stereocenters. The molecule has 27 heavy (non-hydrogen) atoms. The van der Waals surface area contributed by atoms with Gasteiger partial charge in [-0.05, 0) is 42.7 Å². The second-order valence-corrected chi connectivity index (χ2v) is 7.66. The lowest BCUT2D eigenvalue weighted by Crippen LogP contribution is -2.30. The molecular weight excluding hydrogens is 356 g/mol. The lowest BCUT2D eigenvalue weighted by molar-refractivity contribution is 0.0979. The first-order valence-electron chi connectivity index (χ1n) is 8.74. The molecule has 0 bridgehead atoms. The van der Waals surface area contributed by atoms with E-state index in [0.29, 0.717) is 17.4 Å². The molecule has 0 aliphatic heterocycles. The third-order valence-electron chi connectivity index (χ3n) is 4.40. The topological polar surface area (TPSA) is 51.0 Å². The molecule has 136 valence electrons. The Hall–Kier alpha value is -2.99. The minimum absolute atomic E-state index is 0.145. The summed E-state index contributed by atoms with van der Waals surface area (Å²) in [5, 5.41) is 4.98. The molecule has 6 heteroatoms. The van der Waals surface area contributed by atoms with E-state index >= 15 is 0 Å². The second kappa shape index (κ2) is 6.96. The van der Waals surface area contributed by atoms with Crippen LogP contribution >= 0.6 is 11.3 Å². The van der Waals surface area contributed by atoms with Crippen molar-refractivity contribution in [3.8, 4) is 0 Å². The number of hydrogen-bond acceptors (Lipinski definition) is 4. The molecule has 0 radical (unpaired) electrons. The van der Waals surface area contributed by atoms with Crippen LogP contribution in [-0.4, -0.2) is 20.7 Å². The summed E-state index contributed by atoms with van der Waals surface area (Å²) in [5.74, 6) is -0.145. The average Bonchev–Trinajstić information content (AvgIpc) is 3.26. The number of amides is 1. The first-order chi connectivity index (χ1) is 13.0. The molecule has 0 spiro atoms. The summed E-state index contributed by atoms with van der Waals surface area (Å²) in [5.41, 5.74) is 4.75. The normalized spacial score (nSPS) is 11.1. The zero-order valence-electron chi connectivity index (χ0n) is 15.5. The number of anilines is 1. The summed E-state index contributed by atoms with van der Waals surface area (Å²) in [6.45, 7) is 4.60. The Morgan fingerprint density at radius 3 is 2.63 bits per heavy atom. The first kappa shape index (κ1) is 17.4. The molecule has 0 N–H and O–H groups in total. The SMILES string of the molecule is Cc1cc(C)c2sc(N(Cc3ccccc3)C(=O)c3ccn(C)n3)nc2c1. The Balaban J connectivity index is 1.79. The van der Waals surface area contributed by atoms with Gasteiger partial charge in [-0.25, -0.2) is 4.98 Å². The van der Waals surface area contributed by atoms with Gasteiger partial charge in [-0.2, -0.15) is 5.10 Å². The number of thiazole rings is 1. The maximum absolute atomic E-state index is 13.2. The van der Waals surface area contributed by atoms with Crippen molar-refractivity contribution < 1.29 is 4.79 Å². The number of benzene rings is 2. The number of nitrogens with zero attached hydrogens (tertiary/aromatic N) is 4. The Labute approximate surface area is 161 Å². The van der Waals surface area contributed by atoms with Crippen molar-refractivity contribution in [3.05, 3.63) is 77.1 Å². The van der Waals surface area contributed by atoms with E-state index < -0.39 is 0 Å². The van der Waals surface area contributed by atoms with Crippen LogP contribution in [0.2, 0.25) is 0 Å². The van der Waals surface area contributed by atoms with Gasteiger partial charge in [0.05, 0.1) is 16.8 Å². The lowest BCUT2D eigenvalue weighted by atomic mass is 10.1. The molecule has 2 aromatic heterocycles. The van der Waals surface area contributed by atoms with Crippen LogP contribution in [0, 0.1) is 13.8 Å². The summed E-state index contributed by atoms with van der Waals surface area (Å²) in [6, 6.07) is 15.9. The van der Waals surface area contributed by atoms with Crippen molar-refractivity contribution in [3.63, 3.8) is 0 Å². The summed E-state index contributed by atoms with van der Waals surface area (Å²) < 4.78 is 2.75. The van der Waals surface area contributed by atoms with E-state index in [1.165, 1.54) is 11.1 Å². The summed E-state index contributed by atoms with van der Waals surface area (Å²) in [6.07, 6.45) is 1.78. The number of carbonyl (C=O) groups is 1. The molecule has 0 saturated heterocycles. The van der Waals surface area contributed by atoms with Gasteiger partial charge in [0, 0.05) is 13.2 Å². The fraction of sp³-hybridized carbons (Fsp3) is 0.190. The predicted molar refractivity (Wildman–Crippen MR) is 109 cm³/mol. The monoisotopic (exact) mass is 376 g/mol.